The first-order chi connectivity index (χ1) is 12.7. The number of benzene rings is 1. The maximum Gasteiger partial charge on any atom is 0.253 e. The van der Waals surface area contributed by atoms with Crippen LogP contribution in [0.5, 0.6) is 11.5 Å². The van der Waals surface area contributed by atoms with Crippen molar-refractivity contribution >= 4 is 5.91 Å². The molecule has 0 spiro atoms. The maximum absolute atomic E-state index is 12.4. The number of rotatable bonds is 6. The molecular formula is C20H19N3O3. The average molecular weight is 349 g/mol. The van der Waals surface area contributed by atoms with Crippen LogP contribution in [0.1, 0.15) is 15.9 Å². The molecular weight excluding hydrogens is 330 g/mol. The predicted octanol–water partition coefficient (Wildman–Crippen LogP) is 3.09. The largest absolute Gasteiger partial charge is 0.497 e. The molecule has 1 N–H and O–H groups in total. The quantitative estimate of drug-likeness (QED) is 0.740. The van der Waals surface area contributed by atoms with Crippen molar-refractivity contribution in [1.82, 2.24) is 15.3 Å². The highest BCUT2D eigenvalue weighted by Crippen LogP contribution is 2.24. The van der Waals surface area contributed by atoms with E-state index >= 15 is 0 Å². The number of methoxy groups -OCH3 is 2. The van der Waals surface area contributed by atoms with Gasteiger partial charge in [-0.15, -0.1) is 0 Å². The standard InChI is InChI=1S/C20H19N3O3/c1-25-17-6-8-19(26-2)16(10-17)13-23-20(24)15-5-7-18(22-12-15)14-4-3-9-21-11-14/h3-12H,13H2,1-2H3,(H,23,24). The van der Waals surface area contributed by atoms with E-state index in [0.717, 1.165) is 16.8 Å². The molecule has 1 aromatic carbocycles. The van der Waals surface area contributed by atoms with Crippen molar-refractivity contribution in [2.45, 2.75) is 6.54 Å². The summed E-state index contributed by atoms with van der Waals surface area (Å²) < 4.78 is 10.5. The summed E-state index contributed by atoms with van der Waals surface area (Å²) in [4.78, 5) is 20.8. The van der Waals surface area contributed by atoms with Gasteiger partial charge in [0.2, 0.25) is 0 Å². The third-order valence-electron chi connectivity index (χ3n) is 3.91. The van der Waals surface area contributed by atoms with Crippen LogP contribution in [-0.4, -0.2) is 30.1 Å². The third kappa shape index (κ3) is 3.97. The molecule has 1 amide bonds. The number of nitrogens with zero attached hydrogens (tertiary/aromatic N) is 2. The van der Waals surface area contributed by atoms with Crippen molar-refractivity contribution in [3.63, 3.8) is 0 Å². The van der Waals surface area contributed by atoms with Crippen molar-refractivity contribution in [2.24, 2.45) is 0 Å². The van der Waals surface area contributed by atoms with Gasteiger partial charge >= 0.3 is 0 Å². The first kappa shape index (κ1) is 17.4. The van der Waals surface area contributed by atoms with Crippen LogP contribution in [0.15, 0.2) is 61.1 Å². The highest BCUT2D eigenvalue weighted by atomic mass is 16.5. The summed E-state index contributed by atoms with van der Waals surface area (Å²) in [6.45, 7) is 0.323. The van der Waals surface area contributed by atoms with E-state index in [1.807, 2.05) is 30.3 Å². The fourth-order valence-corrected chi connectivity index (χ4v) is 2.51. The third-order valence-corrected chi connectivity index (χ3v) is 3.91. The van der Waals surface area contributed by atoms with Gasteiger partial charge in [-0.2, -0.15) is 0 Å². The van der Waals surface area contributed by atoms with Gasteiger partial charge in [0, 0.05) is 36.3 Å². The van der Waals surface area contributed by atoms with Crippen molar-refractivity contribution in [2.75, 3.05) is 14.2 Å². The molecule has 0 aliphatic rings. The topological polar surface area (TPSA) is 73.3 Å². The van der Waals surface area contributed by atoms with E-state index in [1.165, 1.54) is 0 Å². The second-order valence-electron chi connectivity index (χ2n) is 5.53. The van der Waals surface area contributed by atoms with Gasteiger partial charge in [0.05, 0.1) is 25.5 Å². The van der Waals surface area contributed by atoms with Crippen LogP contribution in [0.4, 0.5) is 0 Å². The van der Waals surface area contributed by atoms with Crippen LogP contribution in [0, 0.1) is 0 Å². The molecule has 0 saturated heterocycles. The molecule has 6 heteroatoms. The van der Waals surface area contributed by atoms with E-state index in [2.05, 4.69) is 15.3 Å². The number of carbonyl (C=O) groups excluding carboxylic acids is 1. The van der Waals surface area contributed by atoms with E-state index < -0.39 is 0 Å². The Labute approximate surface area is 151 Å². The summed E-state index contributed by atoms with van der Waals surface area (Å²) in [5.74, 6) is 1.19. The van der Waals surface area contributed by atoms with E-state index in [0.29, 0.717) is 23.6 Å². The summed E-state index contributed by atoms with van der Waals surface area (Å²) in [7, 11) is 3.19. The zero-order valence-corrected chi connectivity index (χ0v) is 14.6. The summed E-state index contributed by atoms with van der Waals surface area (Å²) in [6, 6.07) is 12.8. The zero-order valence-electron chi connectivity index (χ0n) is 14.6. The molecule has 0 bridgehead atoms. The first-order valence-corrected chi connectivity index (χ1v) is 8.07. The van der Waals surface area contributed by atoms with Gasteiger partial charge in [0.25, 0.3) is 5.91 Å². The Morgan fingerprint density at radius 3 is 2.62 bits per heavy atom. The molecule has 0 aliphatic heterocycles. The second-order valence-corrected chi connectivity index (χ2v) is 5.53. The van der Waals surface area contributed by atoms with E-state index in [9.17, 15) is 4.79 Å². The van der Waals surface area contributed by atoms with Gasteiger partial charge in [0.15, 0.2) is 0 Å². The number of hydrogen-bond acceptors (Lipinski definition) is 5. The number of carbonyl (C=O) groups is 1. The molecule has 2 aromatic heterocycles. The molecule has 0 aliphatic carbocycles. The van der Waals surface area contributed by atoms with Gasteiger partial charge < -0.3 is 14.8 Å². The van der Waals surface area contributed by atoms with Crippen LogP contribution in [0.3, 0.4) is 0 Å². The molecule has 3 aromatic rings. The van der Waals surface area contributed by atoms with E-state index in [1.54, 1.807) is 44.9 Å². The van der Waals surface area contributed by atoms with Crippen LogP contribution >= 0.6 is 0 Å². The maximum atomic E-state index is 12.4. The van der Waals surface area contributed by atoms with Crippen LogP contribution in [-0.2, 0) is 6.54 Å². The monoisotopic (exact) mass is 349 g/mol. The Kier molecular flexibility index (Phi) is 5.43. The van der Waals surface area contributed by atoms with Crippen LogP contribution < -0.4 is 14.8 Å². The number of amides is 1. The Morgan fingerprint density at radius 2 is 1.96 bits per heavy atom. The SMILES string of the molecule is COc1ccc(OC)c(CNC(=O)c2ccc(-c3cccnc3)nc2)c1. The fourth-order valence-electron chi connectivity index (χ4n) is 2.51. The molecule has 0 radical (unpaired) electrons. The molecule has 0 unspecified atom stereocenters. The fraction of sp³-hybridized carbons (Fsp3) is 0.150. The molecule has 132 valence electrons. The molecule has 26 heavy (non-hydrogen) atoms. The zero-order chi connectivity index (χ0) is 18.4. The van der Waals surface area contributed by atoms with Crippen molar-refractivity contribution in [3.8, 4) is 22.8 Å². The minimum Gasteiger partial charge on any atom is -0.497 e. The molecule has 0 saturated carbocycles. The molecule has 0 atom stereocenters. The molecule has 2 heterocycles. The average Bonchev–Trinajstić information content (AvgIpc) is 2.72. The molecule has 6 nitrogen and oxygen atoms in total. The molecule has 3 rings (SSSR count). The van der Waals surface area contributed by atoms with E-state index in [4.69, 9.17) is 9.47 Å². The highest BCUT2D eigenvalue weighted by molar-refractivity contribution is 5.94. The minimum absolute atomic E-state index is 0.208. The summed E-state index contributed by atoms with van der Waals surface area (Å²) in [5.41, 5.74) is 2.99. The lowest BCUT2D eigenvalue weighted by Crippen LogP contribution is -2.23. The van der Waals surface area contributed by atoms with Gasteiger partial charge in [-0.25, -0.2) is 0 Å². The van der Waals surface area contributed by atoms with Gasteiger partial charge in [-0.05, 0) is 42.5 Å². The number of hydrogen-bond donors (Lipinski definition) is 1. The Balaban J connectivity index is 1.69. The second kappa shape index (κ2) is 8.11. The Hall–Kier alpha value is -3.41. The number of aromatic nitrogens is 2. The van der Waals surface area contributed by atoms with Crippen molar-refractivity contribution < 1.29 is 14.3 Å². The lowest BCUT2D eigenvalue weighted by atomic mass is 10.1. The normalized spacial score (nSPS) is 10.2. The van der Waals surface area contributed by atoms with Gasteiger partial charge in [0.1, 0.15) is 11.5 Å². The van der Waals surface area contributed by atoms with Crippen LogP contribution in [0.25, 0.3) is 11.3 Å². The van der Waals surface area contributed by atoms with Gasteiger partial charge in [-0.1, -0.05) is 0 Å². The van der Waals surface area contributed by atoms with Gasteiger partial charge in [-0.3, -0.25) is 14.8 Å². The van der Waals surface area contributed by atoms with Crippen LogP contribution in [0.2, 0.25) is 0 Å². The number of nitrogens with one attached hydrogen (secondary N) is 1. The number of ether oxygens (including phenoxy) is 2. The Bertz CT molecular complexity index is 881. The van der Waals surface area contributed by atoms with Crippen molar-refractivity contribution in [3.05, 3.63) is 72.2 Å². The minimum atomic E-state index is -0.208. The summed E-state index contributed by atoms with van der Waals surface area (Å²) in [6.07, 6.45) is 5.00. The first-order valence-electron chi connectivity index (χ1n) is 8.07. The smallest absolute Gasteiger partial charge is 0.253 e. The lowest BCUT2D eigenvalue weighted by molar-refractivity contribution is 0.0950. The van der Waals surface area contributed by atoms with Crippen molar-refractivity contribution in [1.29, 1.82) is 0 Å². The highest BCUT2D eigenvalue weighted by Gasteiger charge is 2.10. The predicted molar refractivity (Wildman–Crippen MR) is 98.2 cm³/mol. The number of pyridine rings is 2. The summed E-state index contributed by atoms with van der Waals surface area (Å²) in [5, 5.41) is 2.87. The van der Waals surface area contributed by atoms with E-state index in [-0.39, 0.29) is 5.91 Å². The molecule has 0 fully saturated rings. The lowest BCUT2D eigenvalue weighted by Gasteiger charge is -2.11. The summed E-state index contributed by atoms with van der Waals surface area (Å²) >= 11 is 0. The Morgan fingerprint density at radius 1 is 1.08 bits per heavy atom.